The van der Waals surface area contributed by atoms with E-state index in [9.17, 15) is 4.79 Å². The van der Waals surface area contributed by atoms with Gasteiger partial charge in [0.2, 0.25) is 0 Å². The molecule has 0 spiro atoms. The van der Waals surface area contributed by atoms with Gasteiger partial charge < -0.3 is 0 Å². The first-order valence-corrected chi connectivity index (χ1v) is 13.1. The molecule has 0 saturated heterocycles. The number of amidine groups is 1. The molecule has 6 rings (SSSR count). The van der Waals surface area contributed by atoms with E-state index < -0.39 is 6.17 Å². The third kappa shape index (κ3) is 3.88. The largest absolute Gasteiger partial charge is 0.298 e. The van der Waals surface area contributed by atoms with Gasteiger partial charge in [-0.25, -0.2) is 5.01 Å². The number of unbranched alkanes of at least 4 members (excludes halogenated alkanes) is 2. The van der Waals surface area contributed by atoms with Gasteiger partial charge in [-0.15, -0.1) is 5.10 Å². The minimum atomic E-state index is -0.451. The normalized spacial score (nSPS) is 17.0. The minimum Gasteiger partial charge on any atom is -0.298 e. The second-order valence-corrected chi connectivity index (χ2v) is 9.94. The van der Waals surface area contributed by atoms with Gasteiger partial charge in [-0.1, -0.05) is 98.3 Å². The Morgan fingerprint density at radius 1 is 0.914 bits per heavy atom. The number of amides is 1. The van der Waals surface area contributed by atoms with Gasteiger partial charge in [0, 0.05) is 16.5 Å². The quantitative estimate of drug-likeness (QED) is 0.322. The molecule has 35 heavy (non-hydrogen) atoms. The molecule has 0 aromatic heterocycles. The maximum Gasteiger partial charge on any atom is 0.276 e. The van der Waals surface area contributed by atoms with Crippen LogP contribution in [0.25, 0.3) is 27.2 Å². The van der Waals surface area contributed by atoms with Crippen molar-refractivity contribution in [3.63, 3.8) is 0 Å². The highest BCUT2D eigenvalue weighted by molar-refractivity contribution is 8.13. The summed E-state index contributed by atoms with van der Waals surface area (Å²) in [5.74, 6) is 0.793. The molecule has 0 aliphatic carbocycles. The minimum absolute atomic E-state index is 0.130. The predicted molar refractivity (Wildman–Crippen MR) is 144 cm³/mol. The van der Waals surface area contributed by atoms with Gasteiger partial charge in [-0.05, 0) is 40.1 Å². The Kier molecular flexibility index (Phi) is 5.74. The van der Waals surface area contributed by atoms with E-state index in [-0.39, 0.29) is 5.91 Å². The lowest BCUT2D eigenvalue weighted by atomic mass is 9.94. The number of rotatable bonds is 5. The first-order chi connectivity index (χ1) is 17.2. The first-order valence-electron chi connectivity index (χ1n) is 12.1. The maximum atomic E-state index is 13.5. The van der Waals surface area contributed by atoms with Crippen LogP contribution in [0.15, 0.2) is 89.0 Å². The van der Waals surface area contributed by atoms with Gasteiger partial charge in [0.05, 0.1) is 5.36 Å². The van der Waals surface area contributed by atoms with Crippen LogP contribution in [0.5, 0.6) is 0 Å². The van der Waals surface area contributed by atoms with Crippen LogP contribution in [-0.4, -0.2) is 21.8 Å². The number of nitrogens with one attached hydrogen (secondary N) is 1. The Labute approximate surface area is 208 Å². The molecular formula is C29H26N4OS. The summed E-state index contributed by atoms with van der Waals surface area (Å²) in [6.45, 7) is 2.19. The van der Waals surface area contributed by atoms with Crippen LogP contribution >= 0.6 is 11.8 Å². The zero-order valence-corrected chi connectivity index (χ0v) is 20.4. The smallest absolute Gasteiger partial charge is 0.276 e. The van der Waals surface area contributed by atoms with Crippen molar-refractivity contribution in [3.05, 3.63) is 95.0 Å². The molecule has 1 N–H and O–H groups in total. The summed E-state index contributed by atoms with van der Waals surface area (Å²) < 4.78 is 0. The highest BCUT2D eigenvalue weighted by Crippen LogP contribution is 2.39. The van der Waals surface area contributed by atoms with Crippen LogP contribution in [0, 0.1) is 0 Å². The molecule has 2 aliphatic heterocycles. The fourth-order valence-corrected chi connectivity index (χ4v) is 5.78. The molecule has 0 saturated carbocycles. The fourth-order valence-electron chi connectivity index (χ4n) is 4.93. The summed E-state index contributed by atoms with van der Waals surface area (Å²) in [5, 5.41) is 16.7. The number of hydrogen-bond acceptors (Lipinski definition) is 5. The van der Waals surface area contributed by atoms with Gasteiger partial charge in [-0.3, -0.25) is 15.1 Å². The fraction of sp³-hybridized carbons (Fsp3) is 0.207. The summed E-state index contributed by atoms with van der Waals surface area (Å²) in [6.07, 6.45) is 2.98. The van der Waals surface area contributed by atoms with Gasteiger partial charge in [0.25, 0.3) is 5.91 Å². The van der Waals surface area contributed by atoms with E-state index in [0.717, 1.165) is 56.3 Å². The Morgan fingerprint density at radius 3 is 2.34 bits per heavy atom. The van der Waals surface area contributed by atoms with Crippen LogP contribution in [0.4, 0.5) is 0 Å². The molecule has 2 aliphatic rings. The second-order valence-electron chi connectivity index (χ2n) is 8.86. The number of thioether (sulfide) groups is 1. The van der Waals surface area contributed by atoms with Crippen molar-refractivity contribution in [2.45, 2.75) is 32.4 Å². The van der Waals surface area contributed by atoms with Crippen molar-refractivity contribution in [1.29, 1.82) is 0 Å². The predicted octanol–water partition coefficient (Wildman–Crippen LogP) is 5.06. The third-order valence-electron chi connectivity index (χ3n) is 6.57. The van der Waals surface area contributed by atoms with E-state index in [1.807, 2.05) is 29.3 Å². The highest BCUT2D eigenvalue weighted by Gasteiger charge is 2.35. The van der Waals surface area contributed by atoms with E-state index >= 15 is 0 Å². The van der Waals surface area contributed by atoms with Crippen molar-refractivity contribution in [2.75, 3.05) is 5.75 Å². The maximum absolute atomic E-state index is 13.5. The second kappa shape index (κ2) is 9.19. The average Bonchev–Trinajstić information content (AvgIpc) is 2.89. The van der Waals surface area contributed by atoms with Crippen molar-refractivity contribution in [3.8, 4) is 0 Å². The van der Waals surface area contributed by atoms with Crippen molar-refractivity contribution in [1.82, 2.24) is 10.3 Å². The molecule has 1 unspecified atom stereocenters. The zero-order valence-electron chi connectivity index (χ0n) is 19.6. The number of carbonyl (C=O) groups is 1. The average molecular weight is 479 g/mol. The molecule has 6 heteroatoms. The van der Waals surface area contributed by atoms with E-state index in [1.165, 1.54) is 6.42 Å². The van der Waals surface area contributed by atoms with Crippen molar-refractivity contribution in [2.24, 2.45) is 10.1 Å². The molecule has 0 radical (unpaired) electrons. The first kappa shape index (κ1) is 21.9. The monoisotopic (exact) mass is 478 g/mol. The molecule has 5 nitrogen and oxygen atoms in total. The lowest BCUT2D eigenvalue weighted by Crippen LogP contribution is -2.50. The van der Waals surface area contributed by atoms with Crippen LogP contribution in [-0.2, 0) is 4.79 Å². The van der Waals surface area contributed by atoms with Gasteiger partial charge in [0.15, 0.2) is 11.3 Å². The lowest BCUT2D eigenvalue weighted by Gasteiger charge is -2.35. The van der Waals surface area contributed by atoms with Gasteiger partial charge >= 0.3 is 0 Å². The summed E-state index contributed by atoms with van der Waals surface area (Å²) in [4.78, 5) is 18.7. The summed E-state index contributed by atoms with van der Waals surface area (Å²) in [5.41, 5.74) is 1.62. The zero-order chi connectivity index (χ0) is 23.8. The lowest BCUT2D eigenvalue weighted by molar-refractivity contribution is -0.116. The molecule has 1 amide bonds. The van der Waals surface area contributed by atoms with Gasteiger partial charge in [-0.2, -0.15) is 0 Å². The molecule has 4 aromatic carbocycles. The SMILES string of the molecule is CCCCCSC1=NN2C(=c3ccccc3=NC2c2c3ccccc3cc3ccccc23)C(=O)N1. The summed E-state index contributed by atoms with van der Waals surface area (Å²) in [6, 6.07) is 26.8. The highest BCUT2D eigenvalue weighted by atomic mass is 32.2. The Balaban J connectivity index is 1.59. The third-order valence-corrected chi connectivity index (χ3v) is 7.52. The number of fused-ring (bicyclic) bond motifs is 4. The topological polar surface area (TPSA) is 57.1 Å². The number of hydrazone groups is 1. The number of nitrogens with zero attached hydrogens (tertiary/aromatic N) is 3. The van der Waals surface area contributed by atoms with E-state index in [4.69, 9.17) is 10.1 Å². The molecule has 2 heterocycles. The van der Waals surface area contributed by atoms with Crippen LogP contribution in [0.2, 0.25) is 0 Å². The Morgan fingerprint density at radius 2 is 1.60 bits per heavy atom. The number of para-hydroxylation sites is 1. The molecule has 0 fully saturated rings. The molecule has 1 atom stereocenters. The number of benzene rings is 4. The summed E-state index contributed by atoms with van der Waals surface area (Å²) >= 11 is 1.60. The standard InChI is InChI=1S/C29H26N4OS/c1-2-3-10-17-35-29-31-28(34)26-23-15-8-9-16-24(23)30-27(33(26)32-29)25-21-13-6-4-11-19(21)18-20-12-5-7-14-22(20)25/h4-9,11-16,18,27H,2-3,10,17H2,1H3,(H,31,32,34). The molecule has 0 bridgehead atoms. The summed E-state index contributed by atoms with van der Waals surface area (Å²) in [7, 11) is 0. The molecule has 4 aromatic rings. The van der Waals surface area contributed by atoms with Crippen LogP contribution in [0.3, 0.4) is 0 Å². The molecular weight excluding hydrogens is 452 g/mol. The van der Waals surface area contributed by atoms with E-state index in [0.29, 0.717) is 10.9 Å². The van der Waals surface area contributed by atoms with E-state index in [1.54, 1.807) is 11.8 Å². The van der Waals surface area contributed by atoms with Crippen molar-refractivity contribution >= 4 is 50.1 Å². The van der Waals surface area contributed by atoms with E-state index in [2.05, 4.69) is 66.8 Å². The Bertz CT molecular complexity index is 1560. The molecule has 174 valence electrons. The van der Waals surface area contributed by atoms with Gasteiger partial charge in [0.1, 0.15) is 5.70 Å². The number of carbonyl (C=O) groups excluding carboxylic acids is 1. The van der Waals surface area contributed by atoms with Crippen molar-refractivity contribution < 1.29 is 4.79 Å². The number of hydrogen-bond donors (Lipinski definition) is 1. The van der Waals surface area contributed by atoms with Crippen LogP contribution in [0.1, 0.15) is 37.9 Å². The Hall–Kier alpha value is -3.64. The van der Waals surface area contributed by atoms with Crippen LogP contribution < -0.4 is 15.9 Å².